The summed E-state index contributed by atoms with van der Waals surface area (Å²) in [6.45, 7) is 9.06. The number of aliphatic hydroxyl groups excluding tert-OH is 2. The van der Waals surface area contributed by atoms with Crippen molar-refractivity contribution in [2.24, 2.45) is 23.2 Å². The van der Waals surface area contributed by atoms with Crippen molar-refractivity contribution in [3.05, 3.63) is 52.1 Å². The smallest absolute Gasteiger partial charge is 0.247 e. The van der Waals surface area contributed by atoms with Crippen LogP contribution in [0, 0.1) is 26.7 Å². The maximum atomic E-state index is 13.9. The van der Waals surface area contributed by atoms with Gasteiger partial charge in [0.2, 0.25) is 11.8 Å². The quantitative estimate of drug-likeness (QED) is 0.159. The van der Waals surface area contributed by atoms with Crippen molar-refractivity contribution >= 4 is 34.4 Å². The molecule has 6 atom stereocenters. The summed E-state index contributed by atoms with van der Waals surface area (Å²) in [4.78, 5) is 28.9. The highest BCUT2D eigenvalue weighted by Gasteiger charge is 2.55. The normalized spacial score (nSPS) is 28.6. The van der Waals surface area contributed by atoms with Crippen molar-refractivity contribution < 1.29 is 24.5 Å². The molecule has 0 aliphatic heterocycles. The van der Waals surface area contributed by atoms with Gasteiger partial charge in [-0.05, 0) is 102 Å². The Bertz CT molecular complexity index is 1090. The first-order valence-corrected chi connectivity index (χ1v) is 15.8. The van der Waals surface area contributed by atoms with E-state index in [-0.39, 0.29) is 36.8 Å². The number of nitrogens with one attached hydrogen (secondary N) is 1. The number of aliphatic hydroxyl groups is 2. The Morgan fingerprint density at radius 1 is 1.25 bits per heavy atom. The molecule has 4 aliphatic carbocycles. The molecule has 1 aromatic rings. The summed E-state index contributed by atoms with van der Waals surface area (Å²) in [6, 6.07) is 6.98. The minimum absolute atomic E-state index is 0.0254. The van der Waals surface area contributed by atoms with E-state index >= 15 is 0 Å². The molecule has 8 heteroatoms. The van der Waals surface area contributed by atoms with Crippen LogP contribution in [0.5, 0.6) is 5.75 Å². The first kappa shape index (κ1) is 31.0. The third-order valence-electron chi connectivity index (χ3n) is 9.52. The van der Waals surface area contributed by atoms with Crippen LogP contribution in [0.2, 0.25) is 0 Å². The number of amides is 2. The van der Waals surface area contributed by atoms with Gasteiger partial charge in [-0.15, -0.1) is 6.58 Å². The average molecular weight is 665 g/mol. The van der Waals surface area contributed by atoms with Crippen LogP contribution in [0.4, 0.5) is 0 Å². The van der Waals surface area contributed by atoms with E-state index in [4.69, 9.17) is 4.74 Å². The van der Waals surface area contributed by atoms with Crippen molar-refractivity contribution in [3.63, 3.8) is 0 Å². The molecule has 1 aromatic carbocycles. The average Bonchev–Trinajstić information content (AvgIpc) is 2.95. The van der Waals surface area contributed by atoms with E-state index in [1.165, 1.54) is 12.8 Å². The van der Waals surface area contributed by atoms with Crippen molar-refractivity contribution in [2.45, 2.75) is 83.5 Å². The van der Waals surface area contributed by atoms with Crippen molar-refractivity contribution in [1.29, 1.82) is 0 Å². The highest BCUT2D eigenvalue weighted by atomic mass is 127. The number of unbranched alkanes of at least 4 members (excludes halogenated alkanes) is 2. The number of fused-ring (bicyclic) bond motifs is 2. The van der Waals surface area contributed by atoms with Gasteiger partial charge in [0.25, 0.3) is 0 Å². The number of hydrogen-bond donors (Lipinski definition) is 3. The molecule has 7 nitrogen and oxygen atoms in total. The molecule has 2 amide bonds. The van der Waals surface area contributed by atoms with Gasteiger partial charge in [0.15, 0.2) is 0 Å². The Morgan fingerprint density at radius 2 is 2.02 bits per heavy atom. The number of halogens is 1. The molecule has 3 saturated carbocycles. The number of allylic oxidation sites excluding steroid dienone is 1. The third-order valence-corrected chi connectivity index (χ3v) is 10.4. The summed E-state index contributed by atoms with van der Waals surface area (Å²) >= 11 is 2.19. The summed E-state index contributed by atoms with van der Waals surface area (Å²) in [5.74, 6) is 2.03. The molecule has 5 rings (SSSR count). The summed E-state index contributed by atoms with van der Waals surface area (Å²) in [5, 5.41) is 23.8. The number of hydrogen-bond acceptors (Lipinski definition) is 5. The number of carbonyl (C=O) groups excluding carboxylic acids is 2. The Labute approximate surface area is 252 Å². The Balaban J connectivity index is 1.62. The van der Waals surface area contributed by atoms with E-state index in [2.05, 4.69) is 48.3 Å². The van der Waals surface area contributed by atoms with Crippen LogP contribution in [0.1, 0.15) is 65.2 Å². The van der Waals surface area contributed by atoms with Crippen molar-refractivity contribution in [1.82, 2.24) is 10.2 Å². The minimum Gasteiger partial charge on any atom is -0.482 e. The minimum atomic E-state index is -0.992. The molecular formula is C32H45IN2O5. The van der Waals surface area contributed by atoms with Gasteiger partial charge in [0.05, 0.1) is 16.2 Å². The molecule has 4 aliphatic rings. The number of para-hydroxylation sites is 1. The standard InChI is InChI=1S/C32H45IN2O5/c1-4-5-6-7-12-29(37)35(20-21-13-14-23-19-24(21)32(23,2)3)26-17-22(31(39)34-15-16-36)18-28(30(26)38)40-27-11-9-8-10-25(27)33/h4,8-11,18,21,23-24,26,28,30,36,38H,1,5-7,12-17,19-20H2,2-3H3,(H,34,39)/t21-,23-,24-,26+,28-,30-/m0/s1. The number of benzene rings is 1. The third kappa shape index (κ3) is 6.93. The summed E-state index contributed by atoms with van der Waals surface area (Å²) in [6.07, 6.45) is 8.40. The Morgan fingerprint density at radius 3 is 2.70 bits per heavy atom. The maximum Gasteiger partial charge on any atom is 0.247 e. The number of nitrogens with zero attached hydrogens (tertiary/aromatic N) is 1. The van der Waals surface area contributed by atoms with Crippen LogP contribution in [0.3, 0.4) is 0 Å². The predicted molar refractivity (Wildman–Crippen MR) is 165 cm³/mol. The van der Waals surface area contributed by atoms with Crippen LogP contribution in [0.15, 0.2) is 48.6 Å². The molecule has 0 aromatic heterocycles. The highest BCUT2D eigenvalue weighted by Crippen LogP contribution is 2.61. The van der Waals surface area contributed by atoms with Gasteiger partial charge in [-0.3, -0.25) is 9.59 Å². The lowest BCUT2D eigenvalue weighted by Gasteiger charge is -2.61. The Hall–Kier alpha value is -1.91. The van der Waals surface area contributed by atoms with E-state index in [1.54, 1.807) is 6.08 Å². The first-order chi connectivity index (χ1) is 19.2. The zero-order valence-electron chi connectivity index (χ0n) is 23.9. The zero-order valence-corrected chi connectivity index (χ0v) is 26.0. The van der Waals surface area contributed by atoms with Gasteiger partial charge in [-0.25, -0.2) is 0 Å². The van der Waals surface area contributed by atoms with E-state index in [0.717, 1.165) is 35.2 Å². The Kier molecular flexibility index (Phi) is 10.7. The van der Waals surface area contributed by atoms with E-state index in [9.17, 15) is 19.8 Å². The molecular weight excluding hydrogens is 619 g/mol. The van der Waals surface area contributed by atoms with Crippen LogP contribution >= 0.6 is 22.6 Å². The fourth-order valence-electron chi connectivity index (χ4n) is 7.03. The summed E-state index contributed by atoms with van der Waals surface area (Å²) < 4.78 is 7.19. The van der Waals surface area contributed by atoms with Crippen molar-refractivity contribution in [3.8, 4) is 5.75 Å². The second-order valence-electron chi connectivity index (χ2n) is 12.2. The molecule has 220 valence electrons. The van der Waals surface area contributed by atoms with Gasteiger partial charge >= 0.3 is 0 Å². The molecule has 0 saturated heterocycles. The van der Waals surface area contributed by atoms with Gasteiger partial charge in [0.1, 0.15) is 18.0 Å². The molecule has 3 N–H and O–H groups in total. The second-order valence-corrected chi connectivity index (χ2v) is 13.4. The molecule has 40 heavy (non-hydrogen) atoms. The second kappa shape index (κ2) is 13.8. The predicted octanol–water partition coefficient (Wildman–Crippen LogP) is 4.85. The number of ether oxygens (including phenoxy) is 1. The SMILES string of the molecule is C=CCCCCC(=O)N(C[C@@H]1CC[C@H]2C[C@@H]1C2(C)C)[C@@H]1CC(C(=O)NCCO)=C[C@H](Oc2ccccc2I)[C@H]1O. The summed E-state index contributed by atoms with van der Waals surface area (Å²) in [7, 11) is 0. The first-order valence-electron chi connectivity index (χ1n) is 14.8. The van der Waals surface area contributed by atoms with Crippen LogP contribution in [-0.2, 0) is 9.59 Å². The lowest BCUT2D eigenvalue weighted by molar-refractivity contribution is -0.148. The largest absolute Gasteiger partial charge is 0.482 e. The fraction of sp³-hybridized carbons (Fsp3) is 0.625. The van der Waals surface area contributed by atoms with Crippen LogP contribution in [0.25, 0.3) is 0 Å². The topological polar surface area (TPSA) is 99.1 Å². The van der Waals surface area contributed by atoms with Gasteiger partial charge in [-0.2, -0.15) is 0 Å². The zero-order chi connectivity index (χ0) is 28.9. The van der Waals surface area contributed by atoms with Crippen LogP contribution in [-0.4, -0.2) is 64.9 Å². The molecule has 0 heterocycles. The van der Waals surface area contributed by atoms with Crippen LogP contribution < -0.4 is 10.1 Å². The molecule has 0 radical (unpaired) electrons. The maximum absolute atomic E-state index is 13.9. The summed E-state index contributed by atoms with van der Waals surface area (Å²) in [5.41, 5.74) is 0.745. The van der Waals surface area contributed by atoms with E-state index in [1.807, 2.05) is 35.2 Å². The molecule has 2 bridgehead atoms. The lowest BCUT2D eigenvalue weighted by Crippen LogP contribution is -2.59. The molecule has 3 fully saturated rings. The molecule has 0 spiro atoms. The number of rotatable bonds is 13. The van der Waals surface area contributed by atoms with Crippen molar-refractivity contribution in [2.75, 3.05) is 19.7 Å². The monoisotopic (exact) mass is 664 g/mol. The highest BCUT2D eigenvalue weighted by molar-refractivity contribution is 14.1. The van der Waals surface area contributed by atoms with Gasteiger partial charge in [0, 0.05) is 31.5 Å². The molecule has 0 unspecified atom stereocenters. The van der Waals surface area contributed by atoms with Gasteiger partial charge in [-0.1, -0.05) is 32.1 Å². The van der Waals surface area contributed by atoms with E-state index < -0.39 is 18.2 Å². The lowest BCUT2D eigenvalue weighted by atomic mass is 9.45. The number of carbonyl (C=O) groups is 2. The van der Waals surface area contributed by atoms with E-state index in [0.29, 0.717) is 36.1 Å². The van der Waals surface area contributed by atoms with Gasteiger partial charge < -0.3 is 25.2 Å². The fourth-order valence-corrected chi connectivity index (χ4v) is 7.55.